The molecule has 1 amide bonds. The number of aromatic amines is 1. The molecule has 3 unspecified atom stereocenters. The second kappa shape index (κ2) is 9.30. The number of fused-ring (bicyclic) bond motifs is 1. The van der Waals surface area contributed by atoms with Gasteiger partial charge in [-0.1, -0.05) is 36.9 Å². The largest absolute Gasteiger partial charge is 0.473 e. The number of ether oxygens (including phenoxy) is 1. The maximum Gasteiger partial charge on any atom is 0.259 e. The Morgan fingerprint density at radius 1 is 1.23 bits per heavy atom. The van der Waals surface area contributed by atoms with Crippen molar-refractivity contribution in [2.45, 2.75) is 55.2 Å². The van der Waals surface area contributed by atoms with Gasteiger partial charge in [0.1, 0.15) is 6.10 Å². The van der Waals surface area contributed by atoms with Gasteiger partial charge in [-0.2, -0.15) is 0 Å². The number of hydrogen-bond donors (Lipinski definition) is 2. The Kier molecular flexibility index (Phi) is 6.32. The normalized spacial score (nSPS) is 21.3. The van der Waals surface area contributed by atoms with Crippen LogP contribution in [0.25, 0.3) is 10.9 Å². The van der Waals surface area contributed by atoms with Gasteiger partial charge in [-0.15, -0.1) is 0 Å². The number of hydrogen-bond acceptors (Lipinski definition) is 6. The molecule has 1 aliphatic carbocycles. The summed E-state index contributed by atoms with van der Waals surface area (Å²) in [4.78, 5) is 36.1. The molecule has 0 aliphatic heterocycles. The van der Waals surface area contributed by atoms with Crippen LogP contribution in [0, 0.1) is 0 Å². The topological polar surface area (TPSA) is 97.0 Å². The monoisotopic (exact) mass is 424 g/mol. The zero-order valence-electron chi connectivity index (χ0n) is 16.7. The molecule has 1 aliphatic rings. The van der Waals surface area contributed by atoms with Crippen molar-refractivity contribution in [2.75, 3.05) is 0 Å². The van der Waals surface area contributed by atoms with Gasteiger partial charge in [0.15, 0.2) is 5.16 Å². The van der Waals surface area contributed by atoms with Crippen LogP contribution in [-0.4, -0.2) is 38.3 Å². The van der Waals surface area contributed by atoms with Gasteiger partial charge in [-0.25, -0.2) is 9.97 Å². The Hall–Kier alpha value is -2.87. The number of nitrogens with zero attached hydrogens (tertiary/aromatic N) is 2. The van der Waals surface area contributed by atoms with Gasteiger partial charge < -0.3 is 15.0 Å². The smallest absolute Gasteiger partial charge is 0.259 e. The molecule has 2 heterocycles. The molecule has 1 saturated carbocycles. The van der Waals surface area contributed by atoms with Gasteiger partial charge in [-0.3, -0.25) is 9.59 Å². The van der Waals surface area contributed by atoms with E-state index in [0.717, 1.165) is 19.3 Å². The Balaban J connectivity index is 1.57. The van der Waals surface area contributed by atoms with Crippen molar-refractivity contribution in [1.82, 2.24) is 20.3 Å². The molecular formula is C22H24N4O3S. The molecule has 0 bridgehead atoms. The molecule has 3 atom stereocenters. The van der Waals surface area contributed by atoms with E-state index in [1.54, 1.807) is 12.3 Å². The van der Waals surface area contributed by atoms with Crippen LogP contribution < -0.4 is 15.6 Å². The predicted molar refractivity (Wildman–Crippen MR) is 117 cm³/mol. The molecular weight excluding hydrogens is 400 g/mol. The number of para-hydroxylation sites is 1. The number of carbonyl (C=O) groups is 1. The first-order valence-corrected chi connectivity index (χ1v) is 11.0. The second-order valence-electron chi connectivity index (χ2n) is 7.30. The lowest BCUT2D eigenvalue weighted by Gasteiger charge is -2.35. The minimum Gasteiger partial charge on any atom is -0.473 e. The lowest BCUT2D eigenvalue weighted by atomic mass is 9.92. The van der Waals surface area contributed by atoms with Gasteiger partial charge in [0, 0.05) is 24.7 Å². The first-order chi connectivity index (χ1) is 14.6. The molecule has 4 rings (SSSR count). The van der Waals surface area contributed by atoms with Crippen LogP contribution in [0.15, 0.2) is 58.6 Å². The highest BCUT2D eigenvalue weighted by Gasteiger charge is 2.34. The van der Waals surface area contributed by atoms with Crippen LogP contribution in [0.1, 0.15) is 32.6 Å². The SMILES string of the molecule is CCC(=O)NC1CCC(Oc2ccccn2)C(Sc2nc3ccccc3c(=O)[nH]2)C1. The van der Waals surface area contributed by atoms with E-state index in [-0.39, 0.29) is 28.9 Å². The molecule has 30 heavy (non-hydrogen) atoms. The summed E-state index contributed by atoms with van der Waals surface area (Å²) in [6, 6.07) is 12.9. The summed E-state index contributed by atoms with van der Waals surface area (Å²) in [6.45, 7) is 1.85. The van der Waals surface area contributed by atoms with Crippen molar-refractivity contribution in [3.05, 3.63) is 59.0 Å². The molecule has 0 saturated heterocycles. The van der Waals surface area contributed by atoms with E-state index in [1.165, 1.54) is 11.8 Å². The third-order valence-corrected chi connectivity index (χ3v) is 6.40. The van der Waals surface area contributed by atoms with Crippen molar-refractivity contribution >= 4 is 28.6 Å². The first-order valence-electron chi connectivity index (χ1n) is 10.1. The number of nitrogens with one attached hydrogen (secondary N) is 2. The Bertz CT molecular complexity index is 1070. The lowest BCUT2D eigenvalue weighted by Crippen LogP contribution is -2.45. The summed E-state index contributed by atoms with van der Waals surface area (Å²) in [5.74, 6) is 0.620. The van der Waals surface area contributed by atoms with Crippen LogP contribution in [0.3, 0.4) is 0 Å². The minimum atomic E-state index is -0.156. The molecule has 2 N–H and O–H groups in total. The van der Waals surface area contributed by atoms with Crippen molar-refractivity contribution in [1.29, 1.82) is 0 Å². The zero-order chi connectivity index (χ0) is 20.9. The highest BCUT2D eigenvalue weighted by atomic mass is 32.2. The molecule has 156 valence electrons. The standard InChI is InChI=1S/C22H24N4O3S/c1-2-19(27)24-14-10-11-17(29-20-9-5-6-12-23-20)18(13-14)30-22-25-16-8-4-3-7-15(16)21(28)26-22/h3-9,12,14,17-18H,2,10-11,13H2,1H3,(H,24,27)(H,25,26,28). The van der Waals surface area contributed by atoms with Gasteiger partial charge in [0.2, 0.25) is 11.8 Å². The van der Waals surface area contributed by atoms with E-state index in [1.807, 2.05) is 43.3 Å². The zero-order valence-corrected chi connectivity index (χ0v) is 17.5. The van der Waals surface area contributed by atoms with Gasteiger partial charge >= 0.3 is 0 Å². The molecule has 8 heteroatoms. The van der Waals surface area contributed by atoms with E-state index in [4.69, 9.17) is 4.74 Å². The molecule has 0 spiro atoms. The molecule has 3 aromatic rings. The third-order valence-electron chi connectivity index (χ3n) is 5.18. The molecule has 1 fully saturated rings. The average molecular weight is 425 g/mol. The highest BCUT2D eigenvalue weighted by molar-refractivity contribution is 7.99. The van der Waals surface area contributed by atoms with E-state index < -0.39 is 0 Å². The van der Waals surface area contributed by atoms with Crippen LogP contribution in [-0.2, 0) is 4.79 Å². The summed E-state index contributed by atoms with van der Waals surface area (Å²) in [5, 5.41) is 4.23. The summed E-state index contributed by atoms with van der Waals surface area (Å²) in [5.41, 5.74) is 0.509. The van der Waals surface area contributed by atoms with E-state index in [2.05, 4.69) is 20.3 Å². The summed E-state index contributed by atoms with van der Waals surface area (Å²) < 4.78 is 6.17. The molecule has 2 aromatic heterocycles. The molecule has 0 radical (unpaired) electrons. The van der Waals surface area contributed by atoms with E-state index in [0.29, 0.717) is 28.4 Å². The maximum absolute atomic E-state index is 12.5. The van der Waals surface area contributed by atoms with Crippen LogP contribution in [0.2, 0.25) is 0 Å². The second-order valence-corrected chi connectivity index (χ2v) is 8.53. The quantitative estimate of drug-likeness (QED) is 0.590. The fourth-order valence-corrected chi connectivity index (χ4v) is 4.92. The number of carbonyl (C=O) groups excluding carboxylic acids is 1. The van der Waals surface area contributed by atoms with Crippen molar-refractivity contribution < 1.29 is 9.53 Å². The number of aromatic nitrogens is 3. The summed E-state index contributed by atoms with van der Waals surface area (Å²) in [6.07, 6.45) is 4.40. The van der Waals surface area contributed by atoms with Crippen LogP contribution in [0.5, 0.6) is 5.88 Å². The number of thioether (sulfide) groups is 1. The average Bonchev–Trinajstić information content (AvgIpc) is 2.76. The minimum absolute atomic E-state index is 0.00669. The number of pyridine rings is 1. The number of benzene rings is 1. The van der Waals surface area contributed by atoms with Crippen molar-refractivity contribution in [3.63, 3.8) is 0 Å². The summed E-state index contributed by atoms with van der Waals surface area (Å²) >= 11 is 1.49. The predicted octanol–water partition coefficient (Wildman–Crippen LogP) is 3.31. The maximum atomic E-state index is 12.5. The van der Waals surface area contributed by atoms with Gasteiger partial charge in [-0.05, 0) is 37.5 Å². The first kappa shape index (κ1) is 20.4. The van der Waals surface area contributed by atoms with Crippen molar-refractivity contribution in [3.8, 4) is 5.88 Å². The lowest BCUT2D eigenvalue weighted by molar-refractivity contribution is -0.121. The Labute approximate surface area is 178 Å². The van der Waals surface area contributed by atoms with E-state index >= 15 is 0 Å². The third kappa shape index (κ3) is 4.81. The van der Waals surface area contributed by atoms with E-state index in [9.17, 15) is 9.59 Å². The van der Waals surface area contributed by atoms with Crippen LogP contribution >= 0.6 is 11.8 Å². The fraction of sp³-hybridized carbons (Fsp3) is 0.364. The fourth-order valence-electron chi connectivity index (χ4n) is 3.66. The molecule has 1 aromatic carbocycles. The van der Waals surface area contributed by atoms with Gasteiger partial charge in [0.25, 0.3) is 5.56 Å². The number of H-pyrrole nitrogens is 1. The number of amides is 1. The molecule has 7 nitrogen and oxygen atoms in total. The highest BCUT2D eigenvalue weighted by Crippen LogP contribution is 2.34. The Morgan fingerprint density at radius 2 is 2.07 bits per heavy atom. The van der Waals surface area contributed by atoms with Crippen molar-refractivity contribution in [2.24, 2.45) is 0 Å². The van der Waals surface area contributed by atoms with Gasteiger partial charge in [0.05, 0.1) is 16.2 Å². The van der Waals surface area contributed by atoms with Crippen LogP contribution in [0.4, 0.5) is 0 Å². The Morgan fingerprint density at radius 3 is 2.87 bits per heavy atom. The number of rotatable bonds is 6. The summed E-state index contributed by atoms with van der Waals surface area (Å²) in [7, 11) is 0.